The summed E-state index contributed by atoms with van der Waals surface area (Å²) in [6.07, 6.45) is 41.9. The number of carbonyl (C=O) groups excluding carboxylic acids is 4. The van der Waals surface area contributed by atoms with Crippen LogP contribution in [0.5, 0.6) is 0 Å². The van der Waals surface area contributed by atoms with Crippen LogP contribution in [0.15, 0.2) is 0 Å². The van der Waals surface area contributed by atoms with Crippen molar-refractivity contribution in [1.29, 1.82) is 0 Å². The van der Waals surface area contributed by atoms with Gasteiger partial charge in [-0.3, -0.25) is 37.3 Å². The molecule has 17 nitrogen and oxygen atoms in total. The Bertz CT molecular complexity index is 1620. The summed E-state index contributed by atoms with van der Waals surface area (Å²) in [6, 6.07) is 0. The van der Waals surface area contributed by atoms with E-state index in [0.717, 1.165) is 102 Å². The lowest BCUT2D eigenvalue weighted by Gasteiger charge is -2.21. The summed E-state index contributed by atoms with van der Waals surface area (Å²) in [5.41, 5.74) is 0. The zero-order valence-corrected chi connectivity index (χ0v) is 55.1. The standard InChI is InChI=1S/C64H124O17P2/c1-6-10-13-16-18-20-22-24-25-27-29-35-40-45-50-64(69)81-60(54-75-62(67)48-43-38-33-31-30-32-37-41-46-57(5)9-4)56-79-83(72,73)77-52-58(65)51-76-82(70,71)78-55-59(53-74-61(66)47-42-36-15-12-8-3)80-63(68)49-44-39-34-28-26-23-21-19-17-14-11-7-2/h57-60,65H,6-56H2,1-5H3,(H,70,71)(H,72,73)/t57?,58-,59+,60+/m0/s1. The fraction of sp³-hybridized carbons (Fsp3) is 0.938. The van der Waals surface area contributed by atoms with E-state index >= 15 is 0 Å². The lowest BCUT2D eigenvalue weighted by atomic mass is 9.99. The van der Waals surface area contributed by atoms with E-state index < -0.39 is 97.5 Å². The first kappa shape index (κ1) is 81.1. The quantitative estimate of drug-likeness (QED) is 0.0222. The third-order valence-electron chi connectivity index (χ3n) is 15.1. The molecule has 3 unspecified atom stereocenters. The number of ether oxygens (including phenoxy) is 4. The van der Waals surface area contributed by atoms with Gasteiger partial charge < -0.3 is 33.8 Å². The van der Waals surface area contributed by atoms with Crippen molar-refractivity contribution in [2.45, 2.75) is 342 Å². The maximum absolute atomic E-state index is 13.0. The molecule has 0 bridgehead atoms. The molecule has 0 saturated carbocycles. The van der Waals surface area contributed by atoms with Crippen LogP contribution in [-0.2, 0) is 65.4 Å². The minimum atomic E-state index is -4.94. The predicted molar refractivity (Wildman–Crippen MR) is 331 cm³/mol. The Hall–Kier alpha value is -1.94. The van der Waals surface area contributed by atoms with E-state index in [2.05, 4.69) is 34.6 Å². The number of phosphoric ester groups is 2. The fourth-order valence-corrected chi connectivity index (χ4v) is 11.1. The van der Waals surface area contributed by atoms with Crippen LogP contribution in [0.2, 0.25) is 0 Å². The van der Waals surface area contributed by atoms with Crippen molar-refractivity contribution in [1.82, 2.24) is 0 Å². The van der Waals surface area contributed by atoms with Gasteiger partial charge in [0.15, 0.2) is 12.2 Å². The molecule has 0 fully saturated rings. The molecule has 3 N–H and O–H groups in total. The highest BCUT2D eigenvalue weighted by Crippen LogP contribution is 2.45. The minimum absolute atomic E-state index is 0.106. The third kappa shape index (κ3) is 57.6. The van der Waals surface area contributed by atoms with E-state index in [1.54, 1.807) is 0 Å². The van der Waals surface area contributed by atoms with Crippen molar-refractivity contribution in [2.75, 3.05) is 39.6 Å². The predicted octanol–water partition coefficient (Wildman–Crippen LogP) is 17.8. The normalized spacial score (nSPS) is 14.6. The van der Waals surface area contributed by atoms with E-state index in [0.29, 0.717) is 25.7 Å². The van der Waals surface area contributed by atoms with Gasteiger partial charge in [0.25, 0.3) is 0 Å². The van der Waals surface area contributed by atoms with Gasteiger partial charge in [-0.1, -0.05) is 272 Å². The molecule has 0 aliphatic carbocycles. The number of hydrogen-bond donors (Lipinski definition) is 3. The van der Waals surface area contributed by atoms with Crippen LogP contribution in [0, 0.1) is 5.92 Å². The van der Waals surface area contributed by atoms with Crippen LogP contribution >= 0.6 is 15.6 Å². The first-order chi connectivity index (χ1) is 40.1. The van der Waals surface area contributed by atoms with Crippen LogP contribution in [-0.4, -0.2) is 96.7 Å². The maximum Gasteiger partial charge on any atom is 0.472 e. The fourth-order valence-electron chi connectivity index (χ4n) is 9.55. The summed E-state index contributed by atoms with van der Waals surface area (Å²) in [5, 5.41) is 10.5. The molecule has 0 aromatic carbocycles. The molecule has 0 amide bonds. The molecule has 0 heterocycles. The van der Waals surface area contributed by atoms with Gasteiger partial charge in [-0.15, -0.1) is 0 Å². The molecule has 6 atom stereocenters. The molecule has 0 rings (SSSR count). The molecular weight excluding hydrogens is 1100 g/mol. The van der Waals surface area contributed by atoms with Gasteiger partial charge in [-0.25, -0.2) is 9.13 Å². The molecule has 0 spiro atoms. The molecule has 0 aliphatic rings. The molecule has 19 heteroatoms. The van der Waals surface area contributed by atoms with Crippen molar-refractivity contribution < 1.29 is 80.2 Å². The van der Waals surface area contributed by atoms with Gasteiger partial charge in [0.2, 0.25) is 0 Å². The molecule has 492 valence electrons. The van der Waals surface area contributed by atoms with Gasteiger partial charge in [-0.05, 0) is 31.6 Å². The van der Waals surface area contributed by atoms with E-state index in [1.165, 1.54) is 141 Å². The zero-order valence-electron chi connectivity index (χ0n) is 53.3. The lowest BCUT2D eigenvalue weighted by Crippen LogP contribution is -2.30. The Labute approximate surface area is 505 Å². The second-order valence-electron chi connectivity index (χ2n) is 23.4. The molecule has 0 saturated heterocycles. The zero-order chi connectivity index (χ0) is 61.3. The first-order valence-corrected chi connectivity index (χ1v) is 36.7. The van der Waals surface area contributed by atoms with Crippen LogP contribution in [0.25, 0.3) is 0 Å². The Balaban J connectivity index is 5.18. The van der Waals surface area contributed by atoms with Crippen LogP contribution in [0.1, 0.15) is 324 Å². The number of unbranched alkanes of at least 4 members (excludes halogenated alkanes) is 35. The molecule has 0 radical (unpaired) electrons. The van der Waals surface area contributed by atoms with E-state index in [-0.39, 0.29) is 25.7 Å². The van der Waals surface area contributed by atoms with Gasteiger partial charge in [-0.2, -0.15) is 0 Å². The highest BCUT2D eigenvalue weighted by Gasteiger charge is 2.30. The second-order valence-corrected chi connectivity index (χ2v) is 26.3. The average Bonchev–Trinajstić information content (AvgIpc) is 3.46. The van der Waals surface area contributed by atoms with Crippen molar-refractivity contribution in [3.05, 3.63) is 0 Å². The second kappa shape index (κ2) is 57.8. The maximum atomic E-state index is 13.0. The number of rotatable bonds is 64. The van der Waals surface area contributed by atoms with E-state index in [4.69, 9.17) is 37.0 Å². The topological polar surface area (TPSA) is 237 Å². The SMILES string of the molecule is CCCCCCCCCCCCCCCCC(=O)O[C@H](COC(=O)CCCCCCCCCCC(C)CC)COP(=O)(O)OC[C@@H](O)COP(=O)(O)OC[C@@H](COC(=O)CCCCCCC)OC(=O)CCCCCCCCCCCCCC. The summed E-state index contributed by atoms with van der Waals surface area (Å²) >= 11 is 0. The van der Waals surface area contributed by atoms with Gasteiger partial charge in [0.1, 0.15) is 19.3 Å². The number of aliphatic hydroxyl groups excluding tert-OH is 1. The summed E-state index contributed by atoms with van der Waals surface area (Å²) < 4.78 is 67.8. The first-order valence-electron chi connectivity index (χ1n) is 33.7. The third-order valence-corrected chi connectivity index (χ3v) is 17.0. The van der Waals surface area contributed by atoms with Crippen molar-refractivity contribution in [3.63, 3.8) is 0 Å². The number of carbonyl (C=O) groups is 4. The summed E-state index contributed by atoms with van der Waals surface area (Å²) in [5.74, 6) is -1.36. The van der Waals surface area contributed by atoms with Gasteiger partial charge >= 0.3 is 39.5 Å². The van der Waals surface area contributed by atoms with Crippen molar-refractivity contribution in [2.24, 2.45) is 5.92 Å². The monoisotopic (exact) mass is 1230 g/mol. The minimum Gasteiger partial charge on any atom is -0.462 e. The average molecular weight is 1230 g/mol. The summed E-state index contributed by atoms with van der Waals surface area (Å²) in [6.45, 7) is 7.12. The number of aliphatic hydroxyl groups is 1. The van der Waals surface area contributed by atoms with Gasteiger partial charge in [0, 0.05) is 25.7 Å². The Morgan fingerprint density at radius 2 is 0.578 bits per heavy atom. The highest BCUT2D eigenvalue weighted by atomic mass is 31.2. The Kier molecular flexibility index (Phi) is 56.4. The lowest BCUT2D eigenvalue weighted by molar-refractivity contribution is -0.161. The summed E-state index contributed by atoms with van der Waals surface area (Å²) in [7, 11) is -9.88. The van der Waals surface area contributed by atoms with Gasteiger partial charge in [0.05, 0.1) is 26.4 Å². The Morgan fingerprint density at radius 1 is 0.337 bits per heavy atom. The van der Waals surface area contributed by atoms with Crippen LogP contribution in [0.3, 0.4) is 0 Å². The van der Waals surface area contributed by atoms with Crippen molar-refractivity contribution in [3.8, 4) is 0 Å². The molecule has 0 aromatic rings. The van der Waals surface area contributed by atoms with E-state index in [9.17, 15) is 43.2 Å². The smallest absolute Gasteiger partial charge is 0.462 e. The van der Waals surface area contributed by atoms with Crippen molar-refractivity contribution >= 4 is 39.5 Å². The van der Waals surface area contributed by atoms with Crippen LogP contribution in [0.4, 0.5) is 0 Å². The van der Waals surface area contributed by atoms with E-state index in [1.807, 2.05) is 0 Å². The highest BCUT2D eigenvalue weighted by molar-refractivity contribution is 7.47. The molecular formula is C64H124O17P2. The van der Waals surface area contributed by atoms with Crippen LogP contribution < -0.4 is 0 Å². The molecule has 0 aromatic heterocycles. The summed E-state index contributed by atoms with van der Waals surface area (Å²) in [4.78, 5) is 72.0. The largest absolute Gasteiger partial charge is 0.472 e. The number of hydrogen-bond acceptors (Lipinski definition) is 15. The molecule has 0 aliphatic heterocycles. The number of esters is 4. The molecule has 83 heavy (non-hydrogen) atoms. The Morgan fingerprint density at radius 3 is 0.855 bits per heavy atom. The number of phosphoric acid groups is 2.